The Balaban J connectivity index is 1.78. The Labute approximate surface area is 107 Å². The molecule has 2 amide bonds. The van der Waals surface area contributed by atoms with Crippen LogP contribution in [0.3, 0.4) is 0 Å². The van der Waals surface area contributed by atoms with Crippen molar-refractivity contribution in [2.45, 2.75) is 31.8 Å². The average Bonchev–Trinajstić information content (AvgIpc) is 2.39. The van der Waals surface area contributed by atoms with E-state index in [9.17, 15) is 9.59 Å². The van der Waals surface area contributed by atoms with Gasteiger partial charge in [0.2, 0.25) is 11.8 Å². The van der Waals surface area contributed by atoms with Crippen LogP contribution in [0.2, 0.25) is 0 Å². The molecule has 6 nitrogen and oxygen atoms in total. The van der Waals surface area contributed by atoms with Crippen LogP contribution >= 0.6 is 0 Å². The third kappa shape index (κ3) is 3.43. The largest absolute Gasteiger partial charge is 0.353 e. The Hall–Kier alpha value is -1.14. The first-order valence-corrected chi connectivity index (χ1v) is 6.67. The first-order valence-electron chi connectivity index (χ1n) is 6.67. The van der Waals surface area contributed by atoms with E-state index < -0.39 is 0 Å². The van der Waals surface area contributed by atoms with Gasteiger partial charge in [-0.1, -0.05) is 0 Å². The van der Waals surface area contributed by atoms with Gasteiger partial charge in [0.1, 0.15) is 0 Å². The highest BCUT2D eigenvalue weighted by molar-refractivity contribution is 5.82. The standard InChI is InChI=1S/C12H22N4O2/c1-9(17)15-10-2-6-16(7-3-10)12(18)11-8-13-4-5-14-11/h10-11,13-14H,2-8H2,1H3,(H,15,17). The molecule has 18 heavy (non-hydrogen) atoms. The number of hydrogen-bond donors (Lipinski definition) is 3. The molecule has 0 aromatic carbocycles. The quantitative estimate of drug-likeness (QED) is 0.571. The predicted molar refractivity (Wildman–Crippen MR) is 68.1 cm³/mol. The molecule has 2 aliphatic heterocycles. The van der Waals surface area contributed by atoms with Crippen molar-refractivity contribution in [2.24, 2.45) is 0 Å². The maximum atomic E-state index is 12.2. The second-order valence-corrected chi connectivity index (χ2v) is 5.01. The van der Waals surface area contributed by atoms with E-state index >= 15 is 0 Å². The molecule has 0 spiro atoms. The van der Waals surface area contributed by atoms with Crippen LogP contribution in [0, 0.1) is 0 Å². The molecule has 6 heteroatoms. The van der Waals surface area contributed by atoms with Crippen molar-refractivity contribution < 1.29 is 9.59 Å². The Morgan fingerprint density at radius 1 is 1.22 bits per heavy atom. The molecule has 1 atom stereocenters. The zero-order chi connectivity index (χ0) is 13.0. The molecule has 0 bridgehead atoms. The number of piperazine rings is 1. The van der Waals surface area contributed by atoms with Crippen molar-refractivity contribution in [1.82, 2.24) is 20.9 Å². The number of carbonyl (C=O) groups is 2. The topological polar surface area (TPSA) is 73.5 Å². The Bertz CT molecular complexity index is 307. The molecule has 1 unspecified atom stereocenters. The van der Waals surface area contributed by atoms with Gasteiger partial charge in [0, 0.05) is 45.7 Å². The zero-order valence-corrected chi connectivity index (χ0v) is 10.9. The van der Waals surface area contributed by atoms with E-state index in [1.807, 2.05) is 4.90 Å². The Morgan fingerprint density at radius 2 is 1.94 bits per heavy atom. The van der Waals surface area contributed by atoms with E-state index in [4.69, 9.17) is 0 Å². The number of nitrogens with zero attached hydrogens (tertiary/aromatic N) is 1. The van der Waals surface area contributed by atoms with E-state index in [0.717, 1.165) is 39.0 Å². The third-order valence-corrected chi connectivity index (χ3v) is 3.55. The summed E-state index contributed by atoms with van der Waals surface area (Å²) in [5, 5.41) is 9.37. The fraction of sp³-hybridized carbons (Fsp3) is 0.833. The molecule has 2 aliphatic rings. The highest BCUT2D eigenvalue weighted by atomic mass is 16.2. The number of nitrogens with one attached hydrogen (secondary N) is 3. The second kappa shape index (κ2) is 6.15. The van der Waals surface area contributed by atoms with Crippen LogP contribution in [0.15, 0.2) is 0 Å². The molecule has 2 heterocycles. The van der Waals surface area contributed by atoms with Crippen molar-refractivity contribution in [3.05, 3.63) is 0 Å². The predicted octanol–water partition coefficient (Wildman–Crippen LogP) is -1.33. The minimum Gasteiger partial charge on any atom is -0.353 e. The smallest absolute Gasteiger partial charge is 0.241 e. The van der Waals surface area contributed by atoms with Crippen LogP contribution in [-0.2, 0) is 9.59 Å². The monoisotopic (exact) mass is 254 g/mol. The summed E-state index contributed by atoms with van der Waals surface area (Å²) in [6, 6.07) is 0.139. The zero-order valence-electron chi connectivity index (χ0n) is 10.9. The molecule has 3 N–H and O–H groups in total. The van der Waals surface area contributed by atoms with E-state index in [1.165, 1.54) is 6.92 Å². The molecule has 2 fully saturated rings. The van der Waals surface area contributed by atoms with Gasteiger partial charge in [0.25, 0.3) is 0 Å². The van der Waals surface area contributed by atoms with E-state index in [0.29, 0.717) is 6.54 Å². The van der Waals surface area contributed by atoms with Crippen molar-refractivity contribution in [3.8, 4) is 0 Å². The highest BCUT2D eigenvalue weighted by Gasteiger charge is 2.28. The van der Waals surface area contributed by atoms with Gasteiger partial charge in [-0.25, -0.2) is 0 Å². The molecule has 0 aromatic rings. The molecular weight excluding hydrogens is 232 g/mol. The van der Waals surface area contributed by atoms with Gasteiger partial charge in [0.15, 0.2) is 0 Å². The first kappa shape index (κ1) is 13.3. The van der Waals surface area contributed by atoms with Crippen molar-refractivity contribution in [1.29, 1.82) is 0 Å². The Morgan fingerprint density at radius 3 is 2.50 bits per heavy atom. The minimum atomic E-state index is -0.0870. The number of carbonyl (C=O) groups excluding carboxylic acids is 2. The summed E-state index contributed by atoms with van der Waals surface area (Å²) in [5.74, 6) is 0.196. The van der Waals surface area contributed by atoms with Gasteiger partial charge in [-0.2, -0.15) is 0 Å². The summed E-state index contributed by atoms with van der Waals surface area (Å²) < 4.78 is 0. The van der Waals surface area contributed by atoms with Crippen LogP contribution in [-0.4, -0.2) is 61.5 Å². The number of amides is 2. The third-order valence-electron chi connectivity index (χ3n) is 3.55. The molecular formula is C12H22N4O2. The van der Waals surface area contributed by atoms with Gasteiger partial charge in [-0.15, -0.1) is 0 Å². The maximum Gasteiger partial charge on any atom is 0.241 e. The molecule has 0 aliphatic carbocycles. The van der Waals surface area contributed by atoms with E-state index in [1.54, 1.807) is 0 Å². The van der Waals surface area contributed by atoms with Crippen LogP contribution < -0.4 is 16.0 Å². The normalized spacial score (nSPS) is 25.8. The minimum absolute atomic E-state index is 0.0120. The van der Waals surface area contributed by atoms with E-state index in [2.05, 4.69) is 16.0 Å². The number of rotatable bonds is 2. The fourth-order valence-corrected chi connectivity index (χ4v) is 2.58. The molecule has 102 valence electrons. The summed E-state index contributed by atoms with van der Waals surface area (Å²) in [5.41, 5.74) is 0. The Kier molecular flexibility index (Phi) is 4.54. The average molecular weight is 254 g/mol. The maximum absolute atomic E-state index is 12.2. The molecule has 0 aromatic heterocycles. The van der Waals surface area contributed by atoms with E-state index in [-0.39, 0.29) is 23.9 Å². The second-order valence-electron chi connectivity index (χ2n) is 5.01. The lowest BCUT2D eigenvalue weighted by Gasteiger charge is -2.35. The number of hydrogen-bond acceptors (Lipinski definition) is 4. The van der Waals surface area contributed by atoms with Gasteiger partial charge in [-0.05, 0) is 12.8 Å². The van der Waals surface area contributed by atoms with Gasteiger partial charge >= 0.3 is 0 Å². The SMILES string of the molecule is CC(=O)NC1CCN(C(=O)C2CNCCN2)CC1. The summed E-state index contributed by atoms with van der Waals surface area (Å²) in [6.45, 7) is 5.50. The van der Waals surface area contributed by atoms with Crippen molar-refractivity contribution in [3.63, 3.8) is 0 Å². The summed E-state index contributed by atoms with van der Waals surface area (Å²) in [7, 11) is 0. The van der Waals surface area contributed by atoms with Crippen LogP contribution in [0.5, 0.6) is 0 Å². The molecule has 0 saturated carbocycles. The fourth-order valence-electron chi connectivity index (χ4n) is 2.58. The first-order chi connectivity index (χ1) is 8.66. The van der Waals surface area contributed by atoms with Gasteiger partial charge in [-0.3, -0.25) is 9.59 Å². The summed E-state index contributed by atoms with van der Waals surface area (Å²) >= 11 is 0. The van der Waals surface area contributed by atoms with Crippen LogP contribution in [0.1, 0.15) is 19.8 Å². The summed E-state index contributed by atoms with van der Waals surface area (Å²) in [4.78, 5) is 25.1. The molecule has 2 rings (SSSR count). The van der Waals surface area contributed by atoms with Gasteiger partial charge in [0.05, 0.1) is 6.04 Å². The lowest BCUT2D eigenvalue weighted by molar-refractivity contribution is -0.134. The number of piperidine rings is 1. The van der Waals surface area contributed by atoms with Crippen molar-refractivity contribution in [2.75, 3.05) is 32.7 Å². The van der Waals surface area contributed by atoms with Crippen LogP contribution in [0.4, 0.5) is 0 Å². The lowest BCUT2D eigenvalue weighted by Crippen LogP contribution is -2.58. The lowest BCUT2D eigenvalue weighted by atomic mass is 10.0. The number of likely N-dealkylation sites (tertiary alicyclic amines) is 1. The summed E-state index contributed by atoms with van der Waals surface area (Å²) in [6.07, 6.45) is 1.71. The molecule has 2 saturated heterocycles. The van der Waals surface area contributed by atoms with Crippen LogP contribution in [0.25, 0.3) is 0 Å². The molecule has 0 radical (unpaired) electrons. The van der Waals surface area contributed by atoms with Gasteiger partial charge < -0.3 is 20.9 Å². The highest BCUT2D eigenvalue weighted by Crippen LogP contribution is 2.11. The van der Waals surface area contributed by atoms with Crippen molar-refractivity contribution >= 4 is 11.8 Å².